The molecule has 0 saturated heterocycles. The van der Waals surface area contributed by atoms with Crippen molar-refractivity contribution in [2.45, 2.75) is 13.0 Å². The highest BCUT2D eigenvalue weighted by Crippen LogP contribution is 2.24. The van der Waals surface area contributed by atoms with Gasteiger partial charge in [-0.25, -0.2) is 9.48 Å². The average molecular weight is 307 g/mol. The molecule has 3 rings (SSSR count). The normalized spacial score (nSPS) is 13.2. The van der Waals surface area contributed by atoms with Crippen molar-refractivity contribution >= 4 is 28.9 Å². The molecule has 110 valence electrons. The van der Waals surface area contributed by atoms with Gasteiger partial charge in [0.25, 0.3) is 5.91 Å². The van der Waals surface area contributed by atoms with Crippen molar-refractivity contribution in [1.82, 2.24) is 9.78 Å². The molecule has 0 radical (unpaired) electrons. The van der Waals surface area contributed by atoms with Gasteiger partial charge in [-0.15, -0.1) is 11.3 Å². The fraction of sp³-hybridized carbons (Fsp3) is 0.308. The molecule has 1 N–H and O–H groups in total. The van der Waals surface area contributed by atoms with Crippen molar-refractivity contribution in [1.29, 1.82) is 0 Å². The third-order valence-electron chi connectivity index (χ3n) is 3.02. The fourth-order valence-corrected chi connectivity index (χ4v) is 2.79. The molecule has 8 heteroatoms. The lowest BCUT2D eigenvalue weighted by molar-refractivity contribution is 0.0607. The Kier molecular flexibility index (Phi) is 3.61. The topological polar surface area (TPSA) is 82.5 Å². The molecule has 1 aliphatic rings. The minimum absolute atomic E-state index is 0.258. The number of aromatic nitrogens is 2. The summed E-state index contributed by atoms with van der Waals surface area (Å²) in [5.41, 5.74) is 0.678. The Balaban J connectivity index is 1.79. The van der Waals surface area contributed by atoms with E-state index in [0.717, 1.165) is 13.0 Å². The van der Waals surface area contributed by atoms with E-state index < -0.39 is 5.97 Å². The molecular weight excluding hydrogens is 294 g/mol. The van der Waals surface area contributed by atoms with Gasteiger partial charge in [-0.2, -0.15) is 5.10 Å². The van der Waals surface area contributed by atoms with Gasteiger partial charge in [-0.3, -0.25) is 4.79 Å². The van der Waals surface area contributed by atoms with Crippen LogP contribution in [0.3, 0.4) is 0 Å². The highest BCUT2D eigenvalue weighted by molar-refractivity contribution is 7.12. The zero-order chi connectivity index (χ0) is 14.8. The van der Waals surface area contributed by atoms with Gasteiger partial charge in [-0.05, 0) is 11.4 Å². The highest BCUT2D eigenvalue weighted by Gasteiger charge is 2.20. The fourth-order valence-electron chi connectivity index (χ4n) is 2.02. The summed E-state index contributed by atoms with van der Waals surface area (Å²) < 4.78 is 11.7. The number of ether oxygens (including phenoxy) is 2. The maximum absolute atomic E-state index is 12.2. The number of hydrogen-bond acceptors (Lipinski definition) is 6. The molecule has 1 aliphatic heterocycles. The molecule has 0 bridgehead atoms. The maximum Gasteiger partial charge on any atom is 0.350 e. The Morgan fingerprint density at radius 2 is 2.38 bits per heavy atom. The number of anilines is 1. The van der Waals surface area contributed by atoms with E-state index in [1.165, 1.54) is 18.4 Å². The number of nitrogens with one attached hydrogen (secondary N) is 1. The number of fused-ring (bicyclic) bond motifs is 1. The summed E-state index contributed by atoms with van der Waals surface area (Å²) in [6, 6.07) is 3.25. The number of hydrogen-bond donors (Lipinski definition) is 1. The molecule has 0 unspecified atom stereocenters. The van der Waals surface area contributed by atoms with Crippen molar-refractivity contribution in [3.05, 3.63) is 28.1 Å². The molecule has 1 amide bonds. The number of nitrogens with zero attached hydrogens (tertiary/aromatic N) is 2. The number of carbonyl (C=O) groups is 2. The lowest BCUT2D eigenvalue weighted by Gasteiger charge is -2.13. The van der Waals surface area contributed by atoms with E-state index in [9.17, 15) is 9.59 Å². The molecule has 0 spiro atoms. The van der Waals surface area contributed by atoms with E-state index in [0.29, 0.717) is 23.1 Å². The maximum atomic E-state index is 12.2. The second kappa shape index (κ2) is 5.57. The van der Waals surface area contributed by atoms with Crippen molar-refractivity contribution in [2.24, 2.45) is 0 Å². The van der Waals surface area contributed by atoms with E-state index in [2.05, 4.69) is 15.2 Å². The van der Waals surface area contributed by atoms with Gasteiger partial charge in [0.1, 0.15) is 4.88 Å². The Morgan fingerprint density at radius 3 is 3.14 bits per heavy atom. The van der Waals surface area contributed by atoms with Gasteiger partial charge in [0.05, 0.1) is 19.4 Å². The van der Waals surface area contributed by atoms with E-state index in [1.807, 2.05) is 0 Å². The second-order valence-electron chi connectivity index (χ2n) is 4.40. The van der Waals surface area contributed by atoms with Crippen LogP contribution in [0.15, 0.2) is 17.5 Å². The summed E-state index contributed by atoms with van der Waals surface area (Å²) in [6.45, 7) is 1.36. The Hall–Kier alpha value is -2.35. The first-order chi connectivity index (χ1) is 10.2. The van der Waals surface area contributed by atoms with E-state index in [1.54, 1.807) is 22.2 Å². The summed E-state index contributed by atoms with van der Waals surface area (Å²) in [5, 5.41) is 8.57. The van der Waals surface area contributed by atoms with Crippen molar-refractivity contribution < 1.29 is 19.1 Å². The largest absolute Gasteiger partial charge is 0.478 e. The first-order valence-corrected chi connectivity index (χ1v) is 7.25. The third kappa shape index (κ3) is 2.62. The van der Waals surface area contributed by atoms with Gasteiger partial charge >= 0.3 is 5.97 Å². The number of amides is 1. The molecule has 3 heterocycles. The third-order valence-corrected chi connectivity index (χ3v) is 3.92. The smallest absolute Gasteiger partial charge is 0.350 e. The zero-order valence-electron chi connectivity index (χ0n) is 11.3. The van der Waals surface area contributed by atoms with Gasteiger partial charge < -0.3 is 14.8 Å². The van der Waals surface area contributed by atoms with Crippen LogP contribution >= 0.6 is 11.3 Å². The summed E-state index contributed by atoms with van der Waals surface area (Å²) in [7, 11) is 1.30. The van der Waals surface area contributed by atoms with Gasteiger partial charge in [0.15, 0.2) is 5.69 Å². The van der Waals surface area contributed by atoms with Crippen LogP contribution < -0.4 is 10.1 Å². The molecule has 0 aliphatic carbocycles. The minimum Gasteiger partial charge on any atom is -0.478 e. The Morgan fingerprint density at radius 1 is 1.52 bits per heavy atom. The van der Waals surface area contributed by atoms with Crippen LogP contribution in [0.2, 0.25) is 0 Å². The van der Waals surface area contributed by atoms with Crippen LogP contribution in [0.25, 0.3) is 0 Å². The lowest BCUT2D eigenvalue weighted by Crippen LogP contribution is -2.16. The Labute approximate surface area is 124 Å². The van der Waals surface area contributed by atoms with E-state index in [4.69, 9.17) is 4.74 Å². The first kappa shape index (κ1) is 13.6. The second-order valence-corrected chi connectivity index (χ2v) is 5.32. The first-order valence-electron chi connectivity index (χ1n) is 6.37. The Bertz CT molecular complexity index is 668. The zero-order valence-corrected chi connectivity index (χ0v) is 12.1. The predicted octanol–water partition coefficient (Wildman–Crippen LogP) is 1.77. The molecule has 21 heavy (non-hydrogen) atoms. The van der Waals surface area contributed by atoms with Crippen LogP contribution in [-0.2, 0) is 11.3 Å². The van der Waals surface area contributed by atoms with Crippen molar-refractivity contribution in [3.8, 4) is 5.88 Å². The quantitative estimate of drug-likeness (QED) is 0.874. The molecule has 7 nitrogen and oxygen atoms in total. The average Bonchev–Trinajstić information content (AvgIpc) is 3.12. The summed E-state index contributed by atoms with van der Waals surface area (Å²) in [4.78, 5) is 24.1. The molecule has 0 saturated carbocycles. The van der Waals surface area contributed by atoms with E-state index in [-0.39, 0.29) is 11.6 Å². The van der Waals surface area contributed by atoms with Crippen LogP contribution in [0.5, 0.6) is 5.88 Å². The van der Waals surface area contributed by atoms with Crippen molar-refractivity contribution in [2.75, 3.05) is 19.0 Å². The van der Waals surface area contributed by atoms with Crippen LogP contribution in [0.1, 0.15) is 26.6 Å². The standard InChI is InChI=1S/C13H13N3O4S/c1-19-13(18)11-8(3-6-21-11)14-12(17)9-7-10-16(15-9)4-2-5-20-10/h3,6-7H,2,4-5H2,1H3,(H,14,17). The van der Waals surface area contributed by atoms with E-state index >= 15 is 0 Å². The number of aryl methyl sites for hydroxylation is 1. The van der Waals surface area contributed by atoms with Crippen LogP contribution in [0.4, 0.5) is 5.69 Å². The monoisotopic (exact) mass is 307 g/mol. The number of carbonyl (C=O) groups excluding carboxylic acids is 2. The van der Waals surface area contributed by atoms with Gasteiger partial charge in [0.2, 0.25) is 5.88 Å². The lowest BCUT2D eigenvalue weighted by atomic mass is 10.3. The van der Waals surface area contributed by atoms with Gasteiger partial charge in [-0.1, -0.05) is 0 Å². The number of rotatable bonds is 3. The van der Waals surface area contributed by atoms with Crippen LogP contribution in [-0.4, -0.2) is 35.4 Å². The predicted molar refractivity (Wildman–Crippen MR) is 76.0 cm³/mol. The molecule has 0 atom stereocenters. The van der Waals surface area contributed by atoms with Crippen molar-refractivity contribution in [3.63, 3.8) is 0 Å². The molecule has 2 aromatic rings. The van der Waals surface area contributed by atoms with Gasteiger partial charge in [0, 0.05) is 19.0 Å². The summed E-state index contributed by atoms with van der Waals surface area (Å²) in [6.07, 6.45) is 0.868. The number of esters is 1. The summed E-state index contributed by atoms with van der Waals surface area (Å²) in [5.74, 6) is -0.276. The molecule has 0 aromatic carbocycles. The van der Waals surface area contributed by atoms with Crippen LogP contribution in [0, 0.1) is 0 Å². The summed E-state index contributed by atoms with van der Waals surface area (Å²) >= 11 is 1.21. The highest BCUT2D eigenvalue weighted by atomic mass is 32.1. The number of thiophene rings is 1. The molecular formula is C13H13N3O4S. The SMILES string of the molecule is COC(=O)c1sccc1NC(=O)c1cc2n(n1)CCCO2. The number of methoxy groups -OCH3 is 1. The molecule has 2 aromatic heterocycles. The minimum atomic E-state index is -0.479. The molecule has 0 fully saturated rings.